The van der Waals surface area contributed by atoms with Crippen molar-refractivity contribution in [2.24, 2.45) is 0 Å². The van der Waals surface area contributed by atoms with Crippen molar-refractivity contribution in [1.29, 1.82) is 0 Å². The topological polar surface area (TPSA) is 33.0 Å². The number of aromatic nitrogens is 1. The summed E-state index contributed by atoms with van der Waals surface area (Å²) in [6, 6.07) is 10.6. The molecule has 0 aliphatic heterocycles. The molecule has 2 aromatic rings. The SMILES string of the molecule is O=C(Nc1cc[n+](Cl)cc1)c1ccc(CCl)cc1. The van der Waals surface area contributed by atoms with Gasteiger partial charge in [0.25, 0.3) is 17.7 Å². The van der Waals surface area contributed by atoms with E-state index in [1.165, 1.54) is 4.09 Å². The molecule has 92 valence electrons. The Balaban J connectivity index is 2.09. The van der Waals surface area contributed by atoms with E-state index in [1.807, 2.05) is 12.1 Å². The number of nitrogens with zero attached hydrogens (tertiary/aromatic N) is 1. The number of benzene rings is 1. The van der Waals surface area contributed by atoms with Gasteiger partial charge in [0.2, 0.25) is 0 Å². The highest BCUT2D eigenvalue weighted by Gasteiger charge is 2.06. The van der Waals surface area contributed by atoms with Crippen LogP contribution in [0.15, 0.2) is 48.8 Å². The van der Waals surface area contributed by atoms with Crippen LogP contribution in [-0.4, -0.2) is 5.91 Å². The van der Waals surface area contributed by atoms with Gasteiger partial charge in [0.05, 0.1) is 5.69 Å². The molecule has 1 amide bonds. The van der Waals surface area contributed by atoms with Gasteiger partial charge in [-0.25, -0.2) is 0 Å². The number of alkyl halides is 1. The van der Waals surface area contributed by atoms with Crippen LogP contribution in [-0.2, 0) is 5.88 Å². The molecule has 1 aromatic heterocycles. The fourth-order valence-corrected chi connectivity index (χ4v) is 1.73. The van der Waals surface area contributed by atoms with Crippen LogP contribution in [0.3, 0.4) is 0 Å². The first-order chi connectivity index (χ1) is 8.69. The van der Waals surface area contributed by atoms with Gasteiger partial charge < -0.3 is 5.32 Å². The molecule has 1 aromatic carbocycles. The minimum Gasteiger partial charge on any atom is -0.322 e. The molecule has 0 bridgehead atoms. The molecule has 0 atom stereocenters. The van der Waals surface area contributed by atoms with Crippen molar-refractivity contribution in [3.8, 4) is 0 Å². The van der Waals surface area contributed by atoms with E-state index in [4.69, 9.17) is 23.4 Å². The van der Waals surface area contributed by atoms with Crippen molar-refractivity contribution in [3.05, 3.63) is 59.9 Å². The van der Waals surface area contributed by atoms with Crippen molar-refractivity contribution in [1.82, 2.24) is 0 Å². The van der Waals surface area contributed by atoms with Crippen molar-refractivity contribution in [2.75, 3.05) is 5.32 Å². The van der Waals surface area contributed by atoms with Gasteiger partial charge in [-0.2, -0.15) is 0 Å². The second-order valence-corrected chi connectivity index (χ2v) is 4.37. The fraction of sp³-hybridized carbons (Fsp3) is 0.0769. The molecule has 1 N–H and O–H groups in total. The maximum absolute atomic E-state index is 11.9. The summed E-state index contributed by atoms with van der Waals surface area (Å²) in [5.41, 5.74) is 2.26. The predicted molar refractivity (Wildman–Crippen MR) is 71.8 cm³/mol. The van der Waals surface area contributed by atoms with Crippen molar-refractivity contribution in [2.45, 2.75) is 5.88 Å². The van der Waals surface area contributed by atoms with E-state index in [9.17, 15) is 4.79 Å². The molecule has 0 spiro atoms. The van der Waals surface area contributed by atoms with Crippen LogP contribution in [0.1, 0.15) is 15.9 Å². The molecule has 0 unspecified atom stereocenters. The maximum atomic E-state index is 11.9. The number of carbonyl (C=O) groups excluding carboxylic acids is 1. The standard InChI is InChI=1S/C13H10Cl2N2O/c14-9-10-1-3-11(4-2-10)13(18)16-12-5-7-17(15)8-6-12/h1-8H,9H2/p+1. The lowest BCUT2D eigenvalue weighted by Gasteiger charge is -2.04. The summed E-state index contributed by atoms with van der Waals surface area (Å²) in [6.07, 6.45) is 3.29. The molecule has 0 radical (unpaired) electrons. The second kappa shape index (κ2) is 5.85. The Labute approximate surface area is 115 Å². The summed E-state index contributed by atoms with van der Waals surface area (Å²) in [5.74, 6) is 0.277. The first kappa shape index (κ1) is 12.9. The zero-order valence-corrected chi connectivity index (χ0v) is 10.9. The average Bonchev–Trinajstić information content (AvgIpc) is 2.41. The fourth-order valence-electron chi connectivity index (χ4n) is 1.44. The summed E-state index contributed by atoms with van der Waals surface area (Å²) in [4.78, 5) is 11.9. The first-order valence-corrected chi connectivity index (χ1v) is 6.20. The van der Waals surface area contributed by atoms with E-state index in [1.54, 1.807) is 36.7 Å². The number of anilines is 1. The van der Waals surface area contributed by atoms with Gasteiger partial charge >= 0.3 is 0 Å². The number of nitrogens with one attached hydrogen (secondary N) is 1. The largest absolute Gasteiger partial charge is 0.322 e. The van der Waals surface area contributed by atoms with Crippen LogP contribution in [0, 0.1) is 0 Å². The second-order valence-electron chi connectivity index (χ2n) is 3.72. The Morgan fingerprint density at radius 1 is 1.11 bits per heavy atom. The van der Waals surface area contributed by atoms with Gasteiger partial charge in [-0.1, -0.05) is 16.2 Å². The molecule has 3 nitrogen and oxygen atoms in total. The summed E-state index contributed by atoms with van der Waals surface area (Å²) >= 11 is 11.4. The smallest absolute Gasteiger partial charge is 0.267 e. The van der Waals surface area contributed by atoms with Crippen LogP contribution in [0.25, 0.3) is 0 Å². The van der Waals surface area contributed by atoms with Gasteiger partial charge in [0.15, 0.2) is 12.4 Å². The monoisotopic (exact) mass is 281 g/mol. The molecular formula is C13H11Cl2N2O+. The maximum Gasteiger partial charge on any atom is 0.267 e. The molecule has 0 saturated heterocycles. The summed E-state index contributed by atoms with van der Waals surface area (Å²) in [6.45, 7) is 0. The van der Waals surface area contributed by atoms with Gasteiger partial charge in [-0.05, 0) is 17.7 Å². The Morgan fingerprint density at radius 2 is 1.72 bits per heavy atom. The number of halogens is 2. The van der Waals surface area contributed by atoms with E-state index in [0.29, 0.717) is 17.1 Å². The Bertz CT molecular complexity index is 538. The van der Waals surface area contributed by atoms with Crippen LogP contribution in [0.4, 0.5) is 5.69 Å². The zero-order valence-electron chi connectivity index (χ0n) is 9.44. The van der Waals surface area contributed by atoms with Crippen LogP contribution in [0.2, 0.25) is 0 Å². The van der Waals surface area contributed by atoms with E-state index < -0.39 is 0 Å². The highest BCUT2D eigenvalue weighted by molar-refractivity contribution is 6.17. The van der Waals surface area contributed by atoms with Gasteiger partial charge in [-0.15, -0.1) is 11.6 Å². The number of rotatable bonds is 3. The van der Waals surface area contributed by atoms with Crippen molar-refractivity contribution >= 4 is 35.0 Å². The summed E-state index contributed by atoms with van der Waals surface area (Å²) < 4.78 is 1.38. The molecule has 5 heteroatoms. The highest BCUT2D eigenvalue weighted by atomic mass is 35.5. The molecule has 0 aliphatic rings. The number of hydrogen-bond donors (Lipinski definition) is 1. The Kier molecular flexibility index (Phi) is 4.18. The van der Waals surface area contributed by atoms with E-state index in [0.717, 1.165) is 5.56 Å². The molecule has 2 rings (SSSR count). The molecule has 1 heterocycles. The average molecular weight is 282 g/mol. The molecule has 18 heavy (non-hydrogen) atoms. The third kappa shape index (κ3) is 3.22. The van der Waals surface area contributed by atoms with Crippen LogP contribution < -0.4 is 9.40 Å². The number of hydrogen-bond acceptors (Lipinski definition) is 1. The Morgan fingerprint density at radius 3 is 2.28 bits per heavy atom. The van der Waals surface area contributed by atoms with Gasteiger partial charge in [-0.3, -0.25) is 4.79 Å². The van der Waals surface area contributed by atoms with E-state index >= 15 is 0 Å². The minimum atomic E-state index is -0.163. The lowest BCUT2D eigenvalue weighted by Crippen LogP contribution is -2.19. The minimum absolute atomic E-state index is 0.163. The number of carbonyl (C=O) groups is 1. The van der Waals surface area contributed by atoms with Crippen molar-refractivity contribution in [3.63, 3.8) is 0 Å². The normalized spacial score (nSPS) is 10.1. The van der Waals surface area contributed by atoms with Gasteiger partial charge in [0.1, 0.15) is 0 Å². The van der Waals surface area contributed by atoms with Crippen LogP contribution >= 0.6 is 23.4 Å². The van der Waals surface area contributed by atoms with E-state index in [-0.39, 0.29) is 5.91 Å². The molecule has 0 fully saturated rings. The van der Waals surface area contributed by atoms with Crippen molar-refractivity contribution < 1.29 is 8.88 Å². The highest BCUT2D eigenvalue weighted by Crippen LogP contribution is 2.10. The first-order valence-electron chi connectivity index (χ1n) is 5.33. The third-order valence-electron chi connectivity index (χ3n) is 2.42. The van der Waals surface area contributed by atoms with Gasteiger partial charge in [0, 0.05) is 23.6 Å². The molecule has 0 aliphatic carbocycles. The lowest BCUT2D eigenvalue weighted by molar-refractivity contribution is -0.519. The zero-order chi connectivity index (χ0) is 13.0. The number of pyridine rings is 1. The third-order valence-corrected chi connectivity index (χ3v) is 2.96. The van der Waals surface area contributed by atoms with Crippen LogP contribution in [0.5, 0.6) is 0 Å². The quantitative estimate of drug-likeness (QED) is 0.863. The molecular weight excluding hydrogens is 271 g/mol. The lowest BCUT2D eigenvalue weighted by atomic mass is 10.1. The summed E-state index contributed by atoms with van der Waals surface area (Å²) in [7, 11) is 0. The number of amides is 1. The van der Waals surface area contributed by atoms with E-state index in [2.05, 4.69) is 5.32 Å². The Hall–Kier alpha value is -1.58. The predicted octanol–water partition coefficient (Wildman–Crippen LogP) is 2.97. The summed E-state index contributed by atoms with van der Waals surface area (Å²) in [5, 5.41) is 2.78. The molecule has 0 saturated carbocycles.